The van der Waals surface area contributed by atoms with E-state index >= 15 is 0 Å². The number of nitrogens with zero attached hydrogens (tertiary/aromatic N) is 2. The van der Waals surface area contributed by atoms with Crippen LogP contribution in [0.25, 0.3) is 0 Å². The smallest absolute Gasteiger partial charge is 0.277 e. The topological polar surface area (TPSA) is 79.4 Å². The second kappa shape index (κ2) is 4.97. The van der Waals surface area contributed by atoms with Crippen molar-refractivity contribution in [2.45, 2.75) is 32.6 Å². The molecule has 1 unspecified atom stereocenters. The van der Waals surface area contributed by atoms with E-state index in [2.05, 4.69) is 10.3 Å². The molecule has 2 aliphatic rings. The highest BCUT2D eigenvalue weighted by atomic mass is 32.1. The molecule has 1 aliphatic heterocycles. The third-order valence-corrected chi connectivity index (χ3v) is 4.82. The van der Waals surface area contributed by atoms with Gasteiger partial charge in [-0.05, 0) is 25.7 Å². The van der Waals surface area contributed by atoms with E-state index in [1.54, 1.807) is 12.3 Å². The number of imide groups is 2. The summed E-state index contributed by atoms with van der Waals surface area (Å²) in [5.41, 5.74) is 0.750. The van der Waals surface area contributed by atoms with Gasteiger partial charge in [-0.1, -0.05) is 12.8 Å². The van der Waals surface area contributed by atoms with Crippen LogP contribution in [0.15, 0.2) is 5.38 Å². The molecular weight excluding hydrogens is 278 g/mol. The second-order valence-electron chi connectivity index (χ2n) is 5.26. The van der Waals surface area contributed by atoms with E-state index in [9.17, 15) is 14.4 Å². The Balaban J connectivity index is 1.92. The van der Waals surface area contributed by atoms with Crippen LogP contribution in [-0.2, 0) is 9.59 Å². The zero-order chi connectivity index (χ0) is 14.3. The van der Waals surface area contributed by atoms with Gasteiger partial charge in [-0.2, -0.15) is 0 Å². The van der Waals surface area contributed by atoms with Gasteiger partial charge in [0, 0.05) is 5.38 Å². The summed E-state index contributed by atoms with van der Waals surface area (Å²) in [6.45, 7) is 1.80. The van der Waals surface area contributed by atoms with Crippen LogP contribution in [-0.4, -0.2) is 22.8 Å². The van der Waals surface area contributed by atoms with Crippen LogP contribution >= 0.6 is 11.3 Å². The quantitative estimate of drug-likeness (QED) is 0.844. The number of hydrogen-bond acceptors (Lipinski definition) is 5. The van der Waals surface area contributed by atoms with Gasteiger partial charge in [0.25, 0.3) is 0 Å². The van der Waals surface area contributed by atoms with Gasteiger partial charge in [0.05, 0.1) is 5.69 Å². The number of amides is 4. The number of nitrogens with one attached hydrogen (secondary N) is 1. The normalized spacial score (nSPS) is 24.4. The Morgan fingerprint density at radius 1 is 1.30 bits per heavy atom. The van der Waals surface area contributed by atoms with Gasteiger partial charge in [0.1, 0.15) is 5.92 Å². The van der Waals surface area contributed by atoms with Gasteiger partial charge in [-0.3, -0.25) is 14.9 Å². The lowest BCUT2D eigenvalue weighted by atomic mass is 9.88. The maximum Gasteiger partial charge on any atom is 0.337 e. The van der Waals surface area contributed by atoms with Gasteiger partial charge in [-0.25, -0.2) is 14.7 Å². The number of rotatable bonds is 2. The van der Waals surface area contributed by atoms with Crippen LogP contribution in [0, 0.1) is 18.8 Å². The van der Waals surface area contributed by atoms with Crippen molar-refractivity contribution >= 4 is 34.3 Å². The molecule has 1 saturated heterocycles. The van der Waals surface area contributed by atoms with Crippen molar-refractivity contribution < 1.29 is 14.4 Å². The number of aryl methyl sites for hydroxylation is 1. The van der Waals surface area contributed by atoms with Crippen LogP contribution in [0.4, 0.5) is 9.93 Å². The molecule has 2 heterocycles. The lowest BCUT2D eigenvalue weighted by Crippen LogP contribution is -2.59. The molecule has 1 aromatic heterocycles. The molecule has 3 rings (SSSR count). The predicted octanol–water partition coefficient (Wildman–Crippen LogP) is 1.84. The molecular formula is C13H15N3O3S. The molecule has 1 aliphatic carbocycles. The van der Waals surface area contributed by atoms with Gasteiger partial charge >= 0.3 is 6.03 Å². The minimum Gasteiger partial charge on any atom is -0.277 e. The van der Waals surface area contributed by atoms with Gasteiger partial charge in [-0.15, -0.1) is 11.3 Å². The van der Waals surface area contributed by atoms with Crippen molar-refractivity contribution in [3.8, 4) is 0 Å². The number of anilines is 1. The number of barbiturate groups is 1. The Labute approximate surface area is 120 Å². The Kier molecular flexibility index (Phi) is 3.29. The number of carbonyl (C=O) groups is 3. The minimum absolute atomic E-state index is 0.0409. The molecule has 4 amide bonds. The summed E-state index contributed by atoms with van der Waals surface area (Å²) < 4.78 is 0. The molecule has 7 heteroatoms. The summed E-state index contributed by atoms with van der Waals surface area (Å²) in [6, 6.07) is -0.691. The van der Waals surface area contributed by atoms with E-state index in [0.29, 0.717) is 5.13 Å². The average Bonchev–Trinajstić information content (AvgIpc) is 3.01. The molecule has 2 fully saturated rings. The predicted molar refractivity (Wildman–Crippen MR) is 73.3 cm³/mol. The largest absolute Gasteiger partial charge is 0.337 e. The van der Waals surface area contributed by atoms with Crippen molar-refractivity contribution in [2.75, 3.05) is 4.90 Å². The zero-order valence-electron chi connectivity index (χ0n) is 11.1. The molecule has 1 saturated carbocycles. The van der Waals surface area contributed by atoms with E-state index in [4.69, 9.17) is 0 Å². The SMILES string of the molecule is Cc1csc(N2C(=O)NC(=O)C(C3CCCC3)C2=O)n1. The molecule has 0 aromatic carbocycles. The van der Waals surface area contributed by atoms with E-state index in [-0.39, 0.29) is 5.92 Å². The highest BCUT2D eigenvalue weighted by molar-refractivity contribution is 7.14. The van der Waals surface area contributed by atoms with E-state index in [0.717, 1.165) is 36.3 Å². The Morgan fingerprint density at radius 2 is 2.00 bits per heavy atom. The molecule has 0 radical (unpaired) electrons. The second-order valence-corrected chi connectivity index (χ2v) is 6.10. The molecule has 1 N–H and O–H groups in total. The number of carbonyl (C=O) groups excluding carboxylic acids is 3. The summed E-state index contributed by atoms with van der Waals surface area (Å²) in [5, 5.41) is 4.40. The van der Waals surface area contributed by atoms with Gasteiger partial charge < -0.3 is 0 Å². The van der Waals surface area contributed by atoms with Crippen molar-refractivity contribution in [1.82, 2.24) is 10.3 Å². The summed E-state index contributed by atoms with van der Waals surface area (Å²) in [5.74, 6) is -1.60. The van der Waals surface area contributed by atoms with E-state index in [1.807, 2.05) is 0 Å². The maximum atomic E-state index is 12.6. The molecule has 0 spiro atoms. The van der Waals surface area contributed by atoms with Gasteiger partial charge in [0.15, 0.2) is 0 Å². The third-order valence-electron chi connectivity index (χ3n) is 3.87. The first-order valence-electron chi connectivity index (χ1n) is 6.69. The molecule has 1 atom stereocenters. The Hall–Kier alpha value is -1.76. The van der Waals surface area contributed by atoms with Crippen molar-refractivity contribution in [3.05, 3.63) is 11.1 Å². The zero-order valence-corrected chi connectivity index (χ0v) is 11.9. The fourth-order valence-corrected chi connectivity index (χ4v) is 3.73. The Morgan fingerprint density at radius 3 is 2.60 bits per heavy atom. The monoisotopic (exact) mass is 293 g/mol. The molecule has 6 nitrogen and oxygen atoms in total. The fourth-order valence-electron chi connectivity index (χ4n) is 2.92. The lowest BCUT2D eigenvalue weighted by Gasteiger charge is -2.31. The highest BCUT2D eigenvalue weighted by Gasteiger charge is 2.46. The fraction of sp³-hybridized carbons (Fsp3) is 0.538. The maximum absolute atomic E-state index is 12.6. The highest BCUT2D eigenvalue weighted by Crippen LogP contribution is 2.35. The first-order chi connectivity index (χ1) is 9.58. The van der Waals surface area contributed by atoms with E-state index in [1.165, 1.54) is 11.3 Å². The van der Waals surface area contributed by atoms with Crippen LogP contribution in [0.3, 0.4) is 0 Å². The molecule has 1 aromatic rings. The number of urea groups is 1. The summed E-state index contributed by atoms with van der Waals surface area (Å²) >= 11 is 1.23. The first-order valence-corrected chi connectivity index (χ1v) is 7.57. The summed E-state index contributed by atoms with van der Waals surface area (Å²) in [6.07, 6.45) is 3.80. The molecule has 106 valence electrons. The number of aromatic nitrogens is 1. The first kappa shape index (κ1) is 13.2. The van der Waals surface area contributed by atoms with Crippen molar-refractivity contribution in [3.63, 3.8) is 0 Å². The van der Waals surface area contributed by atoms with Crippen molar-refractivity contribution in [1.29, 1.82) is 0 Å². The molecule has 20 heavy (non-hydrogen) atoms. The minimum atomic E-state index is -0.751. The Bertz CT molecular complexity index is 577. The van der Waals surface area contributed by atoms with Crippen LogP contribution in [0.5, 0.6) is 0 Å². The van der Waals surface area contributed by atoms with Crippen LogP contribution < -0.4 is 10.2 Å². The van der Waals surface area contributed by atoms with Crippen molar-refractivity contribution in [2.24, 2.45) is 11.8 Å². The summed E-state index contributed by atoms with van der Waals surface area (Å²) in [7, 11) is 0. The number of hydrogen-bond donors (Lipinski definition) is 1. The third kappa shape index (κ3) is 2.11. The standard InChI is InChI=1S/C13H15N3O3S/c1-7-6-20-13(14-7)16-11(18)9(8-4-2-3-5-8)10(17)15-12(16)19/h6,8-9H,2-5H2,1H3,(H,15,17,19). The van der Waals surface area contributed by atoms with Gasteiger partial charge in [0.2, 0.25) is 16.9 Å². The van der Waals surface area contributed by atoms with E-state index < -0.39 is 23.8 Å². The number of thiazole rings is 1. The van der Waals surface area contributed by atoms with Crippen LogP contribution in [0.1, 0.15) is 31.4 Å². The summed E-state index contributed by atoms with van der Waals surface area (Å²) in [4.78, 5) is 41.7. The average molecular weight is 293 g/mol. The molecule has 0 bridgehead atoms. The lowest BCUT2D eigenvalue weighted by molar-refractivity contribution is -0.136. The van der Waals surface area contributed by atoms with Crippen LogP contribution in [0.2, 0.25) is 0 Å².